The van der Waals surface area contributed by atoms with Gasteiger partial charge in [0, 0.05) is 7.14 Å². The molecule has 0 spiro atoms. The SMILES string of the molecule is Ic1cc(-c2cc(I)c3ccccc3c2)cc2ccccc12. The van der Waals surface area contributed by atoms with Crippen LogP contribution in [0.1, 0.15) is 0 Å². The molecule has 0 aliphatic heterocycles. The fourth-order valence-corrected chi connectivity index (χ4v) is 4.51. The van der Waals surface area contributed by atoms with Gasteiger partial charge in [-0.25, -0.2) is 0 Å². The number of halogens is 2. The van der Waals surface area contributed by atoms with E-state index in [0.717, 1.165) is 0 Å². The van der Waals surface area contributed by atoms with Crippen molar-refractivity contribution in [3.05, 3.63) is 79.9 Å². The maximum Gasteiger partial charge on any atom is 0.0214 e. The van der Waals surface area contributed by atoms with Crippen LogP contribution in [0.4, 0.5) is 0 Å². The van der Waals surface area contributed by atoms with Gasteiger partial charge in [0.2, 0.25) is 0 Å². The predicted octanol–water partition coefficient (Wildman–Crippen LogP) is 6.87. The first-order valence-electron chi connectivity index (χ1n) is 7.09. The number of benzene rings is 4. The molecule has 22 heavy (non-hydrogen) atoms. The van der Waals surface area contributed by atoms with Crippen LogP contribution in [0.25, 0.3) is 32.7 Å². The van der Waals surface area contributed by atoms with Crippen molar-refractivity contribution in [2.45, 2.75) is 0 Å². The fraction of sp³-hybridized carbons (Fsp3) is 0. The van der Waals surface area contributed by atoms with Crippen LogP contribution < -0.4 is 0 Å². The highest BCUT2D eigenvalue weighted by Crippen LogP contribution is 2.32. The molecule has 0 saturated carbocycles. The van der Waals surface area contributed by atoms with Crippen molar-refractivity contribution in [3.8, 4) is 11.1 Å². The van der Waals surface area contributed by atoms with Gasteiger partial charge in [-0.2, -0.15) is 0 Å². The molecular weight excluding hydrogens is 494 g/mol. The molecule has 0 amide bonds. The van der Waals surface area contributed by atoms with E-state index in [9.17, 15) is 0 Å². The summed E-state index contributed by atoms with van der Waals surface area (Å²) >= 11 is 4.87. The Labute approximate surface area is 156 Å². The molecule has 0 unspecified atom stereocenters. The number of fused-ring (bicyclic) bond motifs is 2. The Morgan fingerprint density at radius 2 is 0.909 bits per heavy atom. The molecule has 0 atom stereocenters. The summed E-state index contributed by atoms with van der Waals surface area (Å²) in [7, 11) is 0. The predicted molar refractivity (Wildman–Crippen MR) is 112 cm³/mol. The average Bonchev–Trinajstić information content (AvgIpc) is 2.55. The molecular formula is C20H12I2. The second-order valence-electron chi connectivity index (χ2n) is 5.36. The van der Waals surface area contributed by atoms with Crippen molar-refractivity contribution >= 4 is 66.7 Å². The third-order valence-electron chi connectivity index (χ3n) is 3.96. The second-order valence-corrected chi connectivity index (χ2v) is 7.68. The Kier molecular flexibility index (Phi) is 3.82. The Morgan fingerprint density at radius 3 is 1.36 bits per heavy atom. The molecule has 0 aliphatic carbocycles. The monoisotopic (exact) mass is 506 g/mol. The summed E-state index contributed by atoms with van der Waals surface area (Å²) in [6, 6.07) is 26.3. The van der Waals surface area contributed by atoms with E-state index >= 15 is 0 Å². The largest absolute Gasteiger partial charge is 0.0616 e. The molecule has 4 rings (SSSR count). The molecule has 0 aliphatic rings. The zero-order chi connectivity index (χ0) is 15.1. The normalized spacial score (nSPS) is 11.2. The molecule has 4 aromatic carbocycles. The van der Waals surface area contributed by atoms with Gasteiger partial charge in [0.1, 0.15) is 0 Å². The first kappa shape index (κ1) is 14.5. The number of hydrogen-bond donors (Lipinski definition) is 0. The minimum Gasteiger partial charge on any atom is -0.0616 e. The van der Waals surface area contributed by atoms with Gasteiger partial charge < -0.3 is 0 Å². The van der Waals surface area contributed by atoms with Gasteiger partial charge in [-0.3, -0.25) is 0 Å². The van der Waals surface area contributed by atoms with Crippen LogP contribution in [-0.2, 0) is 0 Å². The maximum atomic E-state index is 2.44. The van der Waals surface area contributed by atoms with Crippen LogP contribution >= 0.6 is 45.2 Å². The van der Waals surface area contributed by atoms with E-state index in [1.54, 1.807) is 0 Å². The van der Waals surface area contributed by atoms with Crippen molar-refractivity contribution in [2.24, 2.45) is 0 Å². The second kappa shape index (κ2) is 5.81. The summed E-state index contributed by atoms with van der Waals surface area (Å²) in [6.45, 7) is 0. The van der Waals surface area contributed by atoms with E-state index in [1.165, 1.54) is 39.8 Å². The van der Waals surface area contributed by atoms with Gasteiger partial charge in [0.25, 0.3) is 0 Å². The van der Waals surface area contributed by atoms with Crippen molar-refractivity contribution in [2.75, 3.05) is 0 Å². The molecule has 0 saturated heterocycles. The van der Waals surface area contributed by atoms with Crippen LogP contribution in [0.2, 0.25) is 0 Å². The smallest absolute Gasteiger partial charge is 0.0214 e. The Balaban J connectivity index is 1.99. The summed E-state index contributed by atoms with van der Waals surface area (Å²) < 4.78 is 2.60. The van der Waals surface area contributed by atoms with E-state index in [2.05, 4.69) is 118 Å². The molecule has 0 radical (unpaired) electrons. The zero-order valence-corrected chi connectivity index (χ0v) is 16.0. The zero-order valence-electron chi connectivity index (χ0n) is 11.7. The van der Waals surface area contributed by atoms with Crippen LogP contribution in [0.15, 0.2) is 72.8 Å². The van der Waals surface area contributed by atoms with Gasteiger partial charge >= 0.3 is 0 Å². The summed E-state index contributed by atoms with van der Waals surface area (Å²) in [5.74, 6) is 0. The van der Waals surface area contributed by atoms with Gasteiger partial charge in [0.15, 0.2) is 0 Å². The minimum atomic E-state index is 1.28. The van der Waals surface area contributed by atoms with Gasteiger partial charge in [0.05, 0.1) is 0 Å². The lowest BCUT2D eigenvalue weighted by atomic mass is 9.99. The van der Waals surface area contributed by atoms with Crippen molar-refractivity contribution < 1.29 is 0 Å². The van der Waals surface area contributed by atoms with E-state index in [1.807, 2.05) is 0 Å². The lowest BCUT2D eigenvalue weighted by molar-refractivity contribution is 1.63. The third kappa shape index (κ3) is 2.52. The molecule has 2 heteroatoms. The third-order valence-corrected chi connectivity index (χ3v) is 5.74. The van der Waals surface area contributed by atoms with E-state index in [0.29, 0.717) is 0 Å². The molecule has 106 valence electrons. The van der Waals surface area contributed by atoms with E-state index < -0.39 is 0 Å². The van der Waals surface area contributed by atoms with Crippen molar-refractivity contribution in [1.29, 1.82) is 0 Å². The lowest BCUT2D eigenvalue weighted by Gasteiger charge is -2.09. The van der Waals surface area contributed by atoms with Gasteiger partial charge in [-0.1, -0.05) is 48.5 Å². The van der Waals surface area contributed by atoms with E-state index in [4.69, 9.17) is 0 Å². The molecule has 0 heterocycles. The lowest BCUT2D eigenvalue weighted by Crippen LogP contribution is -1.86. The Morgan fingerprint density at radius 1 is 0.500 bits per heavy atom. The van der Waals surface area contributed by atoms with Crippen LogP contribution in [0, 0.1) is 7.14 Å². The average molecular weight is 506 g/mol. The topological polar surface area (TPSA) is 0 Å². The van der Waals surface area contributed by atoms with Gasteiger partial charge in [-0.05, 0) is 102 Å². The number of hydrogen-bond acceptors (Lipinski definition) is 0. The molecule has 0 nitrogen and oxygen atoms in total. The van der Waals surface area contributed by atoms with Crippen LogP contribution in [-0.4, -0.2) is 0 Å². The highest BCUT2D eigenvalue weighted by Gasteiger charge is 2.07. The molecule has 0 fully saturated rings. The Bertz CT molecular complexity index is 920. The summed E-state index contributed by atoms with van der Waals surface area (Å²) in [5.41, 5.74) is 2.57. The van der Waals surface area contributed by atoms with Crippen molar-refractivity contribution in [3.63, 3.8) is 0 Å². The standard InChI is InChI=1S/C20H12I2/c21-19-11-15(9-13-5-1-3-7-17(13)19)16-10-14-6-2-4-8-18(14)20(22)12-16/h1-12H. The highest BCUT2D eigenvalue weighted by atomic mass is 127. The summed E-state index contributed by atoms with van der Waals surface area (Å²) in [4.78, 5) is 0. The highest BCUT2D eigenvalue weighted by molar-refractivity contribution is 14.1. The maximum absolute atomic E-state index is 2.44. The van der Waals surface area contributed by atoms with E-state index in [-0.39, 0.29) is 0 Å². The number of rotatable bonds is 1. The summed E-state index contributed by atoms with van der Waals surface area (Å²) in [6.07, 6.45) is 0. The Hall–Kier alpha value is -1.14. The first-order chi connectivity index (χ1) is 10.7. The van der Waals surface area contributed by atoms with Gasteiger partial charge in [-0.15, -0.1) is 0 Å². The fourth-order valence-electron chi connectivity index (χ4n) is 2.86. The van der Waals surface area contributed by atoms with Crippen LogP contribution in [0.3, 0.4) is 0 Å². The molecule has 4 aromatic rings. The molecule has 0 N–H and O–H groups in total. The molecule has 0 aromatic heterocycles. The quantitative estimate of drug-likeness (QED) is 0.248. The van der Waals surface area contributed by atoms with Crippen LogP contribution in [0.5, 0.6) is 0 Å². The first-order valence-corrected chi connectivity index (χ1v) is 9.25. The van der Waals surface area contributed by atoms with Crippen molar-refractivity contribution in [1.82, 2.24) is 0 Å². The minimum absolute atomic E-state index is 1.28. The molecule has 0 bridgehead atoms. The summed E-state index contributed by atoms with van der Waals surface area (Å²) in [5, 5.41) is 5.24.